The Morgan fingerprint density at radius 2 is 2.00 bits per heavy atom. The van der Waals surface area contributed by atoms with Gasteiger partial charge in [-0.05, 0) is 20.8 Å². The molecule has 2 atom stereocenters. The van der Waals surface area contributed by atoms with Gasteiger partial charge in [0.25, 0.3) is 0 Å². The molecule has 0 aromatic carbocycles. The van der Waals surface area contributed by atoms with Crippen LogP contribution in [0.25, 0.3) is 0 Å². The summed E-state index contributed by atoms with van der Waals surface area (Å²) in [4.78, 5) is 11.2. The third-order valence-electron chi connectivity index (χ3n) is 1.37. The molecule has 0 heterocycles. The van der Waals surface area contributed by atoms with E-state index in [0.717, 1.165) is 0 Å². The molecule has 0 saturated carbocycles. The van der Waals surface area contributed by atoms with Crippen LogP contribution >= 0.6 is 0 Å². The third-order valence-corrected chi connectivity index (χ3v) is 2.94. The highest BCUT2D eigenvalue weighted by atomic mass is 32.2. The van der Waals surface area contributed by atoms with Crippen molar-refractivity contribution in [2.75, 3.05) is 12.4 Å². The first kappa shape index (κ1) is 12.6. The zero-order valence-electron chi connectivity index (χ0n) is 8.15. The Morgan fingerprint density at radius 1 is 1.46 bits per heavy atom. The maximum absolute atomic E-state index is 11.2. The Labute approximate surface area is 80.7 Å². The van der Waals surface area contributed by atoms with Gasteiger partial charge in [-0.1, -0.05) is 0 Å². The first-order chi connectivity index (χ1) is 5.99. The van der Waals surface area contributed by atoms with Gasteiger partial charge < -0.3 is 9.84 Å². The summed E-state index contributed by atoms with van der Waals surface area (Å²) in [7, 11) is -1.34. The van der Waals surface area contributed by atoms with Crippen molar-refractivity contribution in [1.29, 1.82) is 0 Å². The summed E-state index contributed by atoms with van der Waals surface area (Å²) in [5, 5.41) is 7.85. The monoisotopic (exact) mass is 208 g/mol. The van der Waals surface area contributed by atoms with E-state index in [1.807, 2.05) is 0 Å². The molecule has 1 N–H and O–H groups in total. The van der Waals surface area contributed by atoms with Crippen molar-refractivity contribution < 1.29 is 18.8 Å². The van der Waals surface area contributed by atoms with Gasteiger partial charge in [0, 0.05) is 16.6 Å². The number of aliphatic hydroxyl groups excluding tert-OH is 1. The normalized spacial score (nSPS) is 15.5. The number of carbonyl (C=O) groups is 1. The Kier molecular flexibility index (Phi) is 5.90. The molecule has 5 heteroatoms. The van der Waals surface area contributed by atoms with Crippen LogP contribution in [0.15, 0.2) is 0 Å². The van der Waals surface area contributed by atoms with E-state index in [2.05, 4.69) is 0 Å². The van der Waals surface area contributed by atoms with Crippen LogP contribution in [0.4, 0.5) is 0 Å². The fourth-order valence-electron chi connectivity index (χ4n) is 0.702. The highest BCUT2D eigenvalue weighted by Crippen LogP contribution is 2.01. The Morgan fingerprint density at radius 3 is 2.38 bits per heavy atom. The molecule has 0 aromatic rings. The Bertz CT molecular complexity index is 191. The van der Waals surface area contributed by atoms with Gasteiger partial charge in [-0.2, -0.15) is 0 Å². The first-order valence-electron chi connectivity index (χ1n) is 4.17. The second-order valence-electron chi connectivity index (χ2n) is 2.94. The summed E-state index contributed by atoms with van der Waals surface area (Å²) in [5.74, 6) is -0.351. The van der Waals surface area contributed by atoms with E-state index >= 15 is 0 Å². The number of esters is 1. The second-order valence-corrected chi connectivity index (χ2v) is 4.81. The molecule has 0 fully saturated rings. The lowest BCUT2D eigenvalue weighted by Crippen LogP contribution is -2.29. The van der Waals surface area contributed by atoms with E-state index in [1.54, 1.807) is 13.8 Å². The topological polar surface area (TPSA) is 63.6 Å². The van der Waals surface area contributed by atoms with Crippen LogP contribution in [0.5, 0.6) is 0 Å². The lowest BCUT2D eigenvalue weighted by atomic mass is 10.4. The zero-order valence-corrected chi connectivity index (χ0v) is 8.97. The smallest absolute Gasteiger partial charge is 0.321 e. The van der Waals surface area contributed by atoms with Crippen LogP contribution < -0.4 is 0 Å². The predicted octanol–water partition coefficient (Wildman–Crippen LogP) is 0.0675. The molecule has 0 amide bonds. The molecule has 0 aliphatic heterocycles. The quantitative estimate of drug-likeness (QED) is 0.649. The Hall–Kier alpha value is -0.420. The third kappa shape index (κ3) is 5.00. The standard InChI is InChI=1S/C8H16O4S/c1-6(2)12-8(10)7(3)13(11)5-4-9/h6-7,9H,4-5H2,1-3H3. The summed E-state index contributed by atoms with van der Waals surface area (Å²) in [5.41, 5.74) is 0. The van der Waals surface area contributed by atoms with E-state index in [9.17, 15) is 9.00 Å². The van der Waals surface area contributed by atoms with Gasteiger partial charge in [-0.3, -0.25) is 9.00 Å². The zero-order chi connectivity index (χ0) is 10.4. The van der Waals surface area contributed by atoms with Gasteiger partial charge in [0.15, 0.2) is 0 Å². The molecule has 0 aliphatic carbocycles. The average molecular weight is 208 g/mol. The van der Waals surface area contributed by atoms with Crippen molar-refractivity contribution in [3.8, 4) is 0 Å². The van der Waals surface area contributed by atoms with E-state index in [-0.39, 0.29) is 18.5 Å². The van der Waals surface area contributed by atoms with Crippen LogP contribution in [0.2, 0.25) is 0 Å². The van der Waals surface area contributed by atoms with Crippen molar-refractivity contribution >= 4 is 16.8 Å². The van der Waals surface area contributed by atoms with E-state index in [1.165, 1.54) is 6.92 Å². The molecule has 4 nitrogen and oxygen atoms in total. The van der Waals surface area contributed by atoms with Gasteiger partial charge in [-0.25, -0.2) is 0 Å². The molecular weight excluding hydrogens is 192 g/mol. The van der Waals surface area contributed by atoms with Gasteiger partial charge in [0.2, 0.25) is 0 Å². The number of rotatable bonds is 5. The first-order valence-corrected chi connectivity index (χ1v) is 5.55. The van der Waals surface area contributed by atoms with Crippen molar-refractivity contribution in [2.45, 2.75) is 32.1 Å². The van der Waals surface area contributed by atoms with Gasteiger partial charge in [0.1, 0.15) is 5.25 Å². The minimum atomic E-state index is -1.34. The molecule has 0 spiro atoms. The van der Waals surface area contributed by atoms with E-state index in [0.29, 0.717) is 0 Å². The summed E-state index contributed by atoms with van der Waals surface area (Å²) < 4.78 is 16.1. The molecule has 0 rings (SSSR count). The molecule has 13 heavy (non-hydrogen) atoms. The minimum absolute atomic E-state index is 0.119. The summed E-state index contributed by atoms with van der Waals surface area (Å²) in [6.07, 6.45) is -0.193. The van der Waals surface area contributed by atoms with Crippen LogP contribution in [0.3, 0.4) is 0 Å². The fraction of sp³-hybridized carbons (Fsp3) is 0.875. The highest BCUT2D eigenvalue weighted by molar-refractivity contribution is 7.86. The van der Waals surface area contributed by atoms with E-state index < -0.39 is 22.0 Å². The minimum Gasteiger partial charge on any atom is -0.462 e. The van der Waals surface area contributed by atoms with Gasteiger partial charge in [-0.15, -0.1) is 0 Å². The van der Waals surface area contributed by atoms with E-state index in [4.69, 9.17) is 9.84 Å². The lowest BCUT2D eigenvalue weighted by molar-refractivity contribution is -0.146. The largest absolute Gasteiger partial charge is 0.462 e. The second kappa shape index (κ2) is 6.10. The Balaban J connectivity index is 4.01. The molecule has 0 aromatic heterocycles. The molecule has 78 valence electrons. The molecule has 0 radical (unpaired) electrons. The predicted molar refractivity (Wildman–Crippen MR) is 50.8 cm³/mol. The van der Waals surface area contributed by atoms with Crippen molar-refractivity contribution in [2.24, 2.45) is 0 Å². The maximum Gasteiger partial charge on any atom is 0.321 e. The number of hydrogen-bond acceptors (Lipinski definition) is 4. The van der Waals surface area contributed by atoms with Crippen molar-refractivity contribution in [3.63, 3.8) is 0 Å². The number of ether oxygens (including phenoxy) is 1. The molecule has 0 bridgehead atoms. The number of aliphatic hydroxyl groups is 1. The number of carbonyl (C=O) groups excluding carboxylic acids is 1. The number of hydrogen-bond donors (Lipinski definition) is 1. The van der Waals surface area contributed by atoms with Crippen LogP contribution in [0.1, 0.15) is 20.8 Å². The summed E-state index contributed by atoms with van der Waals surface area (Å²) >= 11 is 0. The van der Waals surface area contributed by atoms with Crippen molar-refractivity contribution in [1.82, 2.24) is 0 Å². The van der Waals surface area contributed by atoms with Gasteiger partial charge in [0.05, 0.1) is 12.7 Å². The molecular formula is C8H16O4S. The molecule has 2 unspecified atom stereocenters. The maximum atomic E-state index is 11.2. The van der Waals surface area contributed by atoms with Crippen molar-refractivity contribution in [3.05, 3.63) is 0 Å². The summed E-state index contributed by atoms with van der Waals surface area (Å²) in [6.45, 7) is 4.83. The fourth-order valence-corrected chi connectivity index (χ4v) is 1.51. The highest BCUT2D eigenvalue weighted by Gasteiger charge is 2.21. The van der Waals surface area contributed by atoms with Crippen LogP contribution in [-0.4, -0.2) is 39.0 Å². The van der Waals surface area contributed by atoms with Crippen LogP contribution in [0, 0.1) is 0 Å². The molecule has 0 aliphatic rings. The SMILES string of the molecule is CC(C)OC(=O)C(C)S(=O)CCO. The lowest BCUT2D eigenvalue weighted by Gasteiger charge is -2.12. The van der Waals surface area contributed by atoms with Crippen LogP contribution in [-0.2, 0) is 20.3 Å². The summed E-state index contributed by atoms with van der Waals surface area (Å²) in [6, 6.07) is 0. The van der Waals surface area contributed by atoms with Gasteiger partial charge >= 0.3 is 5.97 Å². The average Bonchev–Trinajstić information content (AvgIpc) is 2.02. The molecule has 0 saturated heterocycles.